The summed E-state index contributed by atoms with van der Waals surface area (Å²) in [5.74, 6) is -1.03. The van der Waals surface area contributed by atoms with Gasteiger partial charge in [0, 0.05) is 22.8 Å². The Morgan fingerprint density at radius 2 is 2.04 bits per heavy atom. The first-order chi connectivity index (χ1) is 10.5. The maximum atomic E-state index is 11.4. The normalized spacial score (nSPS) is 17.7. The zero-order valence-corrected chi connectivity index (χ0v) is 13.9. The maximum absolute atomic E-state index is 11.4. The van der Waals surface area contributed by atoms with Crippen LogP contribution in [0.2, 0.25) is 0 Å². The molecule has 0 radical (unpaired) electrons. The first kappa shape index (κ1) is 17.7. The van der Waals surface area contributed by atoms with E-state index < -0.39 is 53.3 Å². The van der Waals surface area contributed by atoms with Crippen LogP contribution in [0.3, 0.4) is 0 Å². The first-order valence-electron chi connectivity index (χ1n) is 6.01. The predicted octanol–water partition coefficient (Wildman–Crippen LogP) is 0.986. The number of hydrogen-bond acceptors (Lipinski definition) is 9. The van der Waals surface area contributed by atoms with Crippen LogP contribution < -0.4 is 9.47 Å². The molecule has 23 heavy (non-hydrogen) atoms. The highest BCUT2D eigenvalue weighted by atomic mass is 35.7. The van der Waals surface area contributed by atoms with Crippen LogP contribution in [-0.4, -0.2) is 40.4 Å². The van der Waals surface area contributed by atoms with Crippen molar-refractivity contribution in [3.05, 3.63) is 22.2 Å². The van der Waals surface area contributed by atoms with Crippen molar-refractivity contribution in [3.8, 4) is 11.5 Å². The molecule has 0 amide bonds. The Balaban J connectivity index is 2.45. The molecule has 1 aliphatic heterocycles. The first-order valence-corrected chi connectivity index (χ1v) is 9.89. The SMILES string of the molecule is CCS(=O)(=O)O[C@@H]1COc2cc(S(=O)(=O)Cl)cc([N+](=O)[O-])c2O1. The number of rotatable bonds is 5. The van der Waals surface area contributed by atoms with Crippen molar-refractivity contribution in [1.82, 2.24) is 0 Å². The molecule has 13 heteroatoms. The summed E-state index contributed by atoms with van der Waals surface area (Å²) in [6, 6.07) is 1.62. The van der Waals surface area contributed by atoms with E-state index in [0.29, 0.717) is 6.07 Å². The third-order valence-electron chi connectivity index (χ3n) is 2.72. The van der Waals surface area contributed by atoms with Crippen LogP contribution >= 0.6 is 10.7 Å². The van der Waals surface area contributed by atoms with Crippen molar-refractivity contribution in [3.63, 3.8) is 0 Å². The summed E-state index contributed by atoms with van der Waals surface area (Å²) in [7, 11) is -2.95. The number of hydrogen-bond donors (Lipinski definition) is 0. The fraction of sp³-hybridized carbons (Fsp3) is 0.400. The van der Waals surface area contributed by atoms with Crippen LogP contribution in [0.1, 0.15) is 6.92 Å². The van der Waals surface area contributed by atoms with Gasteiger partial charge >= 0.3 is 5.69 Å². The molecule has 0 aliphatic carbocycles. The zero-order chi connectivity index (χ0) is 17.4. The zero-order valence-electron chi connectivity index (χ0n) is 11.5. The number of fused-ring (bicyclic) bond motifs is 1. The van der Waals surface area contributed by atoms with E-state index >= 15 is 0 Å². The number of nitro benzene ring substituents is 1. The topological polar surface area (TPSA) is 139 Å². The average molecular weight is 388 g/mol. The van der Waals surface area contributed by atoms with Gasteiger partial charge in [-0.15, -0.1) is 0 Å². The quantitative estimate of drug-likeness (QED) is 0.313. The number of ether oxygens (including phenoxy) is 2. The van der Waals surface area contributed by atoms with Crippen LogP contribution in [-0.2, 0) is 23.4 Å². The highest BCUT2D eigenvalue weighted by Crippen LogP contribution is 2.43. The van der Waals surface area contributed by atoms with Crippen molar-refractivity contribution >= 4 is 35.5 Å². The van der Waals surface area contributed by atoms with Crippen LogP contribution in [0.25, 0.3) is 0 Å². The fourth-order valence-corrected chi connectivity index (χ4v) is 2.99. The van der Waals surface area contributed by atoms with Gasteiger partial charge in [-0.1, -0.05) is 0 Å². The van der Waals surface area contributed by atoms with E-state index in [1.807, 2.05) is 0 Å². The molecule has 1 atom stereocenters. The highest BCUT2D eigenvalue weighted by molar-refractivity contribution is 8.13. The van der Waals surface area contributed by atoms with Gasteiger partial charge in [-0.25, -0.2) is 12.6 Å². The van der Waals surface area contributed by atoms with Gasteiger partial charge in [0.25, 0.3) is 25.5 Å². The largest absolute Gasteiger partial charge is 0.483 e. The van der Waals surface area contributed by atoms with Gasteiger partial charge in [0.1, 0.15) is 0 Å². The van der Waals surface area contributed by atoms with Crippen molar-refractivity contribution in [2.45, 2.75) is 18.1 Å². The van der Waals surface area contributed by atoms with Crippen molar-refractivity contribution < 1.29 is 35.4 Å². The molecule has 0 spiro atoms. The maximum Gasteiger partial charge on any atom is 0.316 e. The summed E-state index contributed by atoms with van der Waals surface area (Å²) in [4.78, 5) is 9.61. The molecule has 0 bridgehead atoms. The summed E-state index contributed by atoms with van der Waals surface area (Å²) in [6.07, 6.45) is -1.43. The summed E-state index contributed by atoms with van der Waals surface area (Å²) in [6.45, 7) is 0.933. The average Bonchev–Trinajstić information content (AvgIpc) is 2.44. The summed E-state index contributed by atoms with van der Waals surface area (Å²) < 4.78 is 60.4. The molecule has 0 aromatic heterocycles. The van der Waals surface area contributed by atoms with Gasteiger partial charge < -0.3 is 9.47 Å². The molecule has 0 saturated heterocycles. The standard InChI is InChI=1S/C10H10ClNO9S2/c1-2-22(15,16)21-9-5-19-8-4-6(23(11,17)18)3-7(12(13)14)10(8)20-9/h3-4,9H,2,5H2,1H3/t9-/m1/s1. The van der Waals surface area contributed by atoms with Gasteiger partial charge in [0.15, 0.2) is 12.4 Å². The lowest BCUT2D eigenvalue weighted by Gasteiger charge is -2.25. The number of nitrogens with zero attached hydrogens (tertiary/aromatic N) is 1. The fourth-order valence-electron chi connectivity index (χ4n) is 1.67. The molecule has 0 N–H and O–H groups in total. The van der Waals surface area contributed by atoms with Gasteiger partial charge in [-0.05, 0) is 6.92 Å². The minimum Gasteiger partial charge on any atom is -0.483 e. The molecule has 1 aliphatic rings. The van der Waals surface area contributed by atoms with E-state index in [-0.39, 0.29) is 11.5 Å². The van der Waals surface area contributed by atoms with Crippen molar-refractivity contribution in [1.29, 1.82) is 0 Å². The molecule has 10 nitrogen and oxygen atoms in total. The minimum atomic E-state index is -4.23. The van der Waals surface area contributed by atoms with E-state index in [1.165, 1.54) is 6.92 Å². The monoisotopic (exact) mass is 387 g/mol. The molecule has 0 fully saturated rings. The van der Waals surface area contributed by atoms with Crippen LogP contribution in [0, 0.1) is 10.1 Å². The second kappa shape index (κ2) is 6.11. The molecule has 0 unspecified atom stereocenters. The van der Waals surface area contributed by atoms with E-state index in [0.717, 1.165) is 6.07 Å². The van der Waals surface area contributed by atoms with Gasteiger partial charge in [0.2, 0.25) is 5.75 Å². The van der Waals surface area contributed by atoms with Crippen molar-refractivity contribution in [2.24, 2.45) is 0 Å². The van der Waals surface area contributed by atoms with Crippen LogP contribution in [0.5, 0.6) is 11.5 Å². The van der Waals surface area contributed by atoms with E-state index in [1.54, 1.807) is 0 Å². The van der Waals surface area contributed by atoms with E-state index in [2.05, 4.69) is 4.18 Å². The summed E-state index contributed by atoms with van der Waals surface area (Å²) in [5, 5.41) is 11.1. The van der Waals surface area contributed by atoms with Gasteiger partial charge in [0.05, 0.1) is 15.6 Å². The van der Waals surface area contributed by atoms with Crippen LogP contribution in [0.4, 0.5) is 5.69 Å². The number of nitro groups is 1. The smallest absolute Gasteiger partial charge is 0.316 e. The predicted molar refractivity (Wildman–Crippen MR) is 76.6 cm³/mol. The second-order valence-electron chi connectivity index (χ2n) is 4.27. The molecule has 1 aromatic rings. The number of halogens is 1. The summed E-state index contributed by atoms with van der Waals surface area (Å²) >= 11 is 0. The number of benzene rings is 1. The second-order valence-corrected chi connectivity index (χ2v) is 8.72. The molecular formula is C10H10ClNO9S2. The Hall–Kier alpha value is -1.63. The van der Waals surface area contributed by atoms with Crippen LogP contribution in [0.15, 0.2) is 17.0 Å². The van der Waals surface area contributed by atoms with E-state index in [4.69, 9.17) is 20.2 Å². The van der Waals surface area contributed by atoms with Gasteiger partial charge in [-0.3, -0.25) is 10.1 Å². The lowest BCUT2D eigenvalue weighted by molar-refractivity contribution is -0.386. The third kappa shape index (κ3) is 4.02. The Kier molecular flexibility index (Phi) is 4.71. The molecule has 2 rings (SSSR count). The Morgan fingerprint density at radius 1 is 1.39 bits per heavy atom. The molecule has 128 valence electrons. The Labute approximate surface area is 135 Å². The van der Waals surface area contributed by atoms with Crippen molar-refractivity contribution in [2.75, 3.05) is 12.4 Å². The molecule has 1 aromatic carbocycles. The molecule has 0 saturated carbocycles. The van der Waals surface area contributed by atoms with Gasteiger partial charge in [-0.2, -0.15) is 8.42 Å². The third-order valence-corrected chi connectivity index (χ3v) is 5.27. The summed E-state index contributed by atoms with van der Waals surface area (Å²) in [5.41, 5.74) is -0.746. The molecular weight excluding hydrogens is 378 g/mol. The molecule has 1 heterocycles. The highest BCUT2D eigenvalue weighted by Gasteiger charge is 2.34. The lowest BCUT2D eigenvalue weighted by Crippen LogP contribution is -2.34. The Bertz CT molecular complexity index is 849. The Morgan fingerprint density at radius 3 is 2.57 bits per heavy atom. The van der Waals surface area contributed by atoms with E-state index in [9.17, 15) is 26.9 Å². The minimum absolute atomic E-state index is 0.257. The lowest BCUT2D eigenvalue weighted by atomic mass is 10.2.